The monoisotopic (exact) mass is 234 g/mol. The van der Waals surface area contributed by atoms with E-state index in [9.17, 15) is 4.79 Å². The van der Waals surface area contributed by atoms with Crippen LogP contribution >= 0.6 is 11.6 Å². The minimum absolute atomic E-state index is 0.0699. The highest BCUT2D eigenvalue weighted by Crippen LogP contribution is 2.32. The van der Waals surface area contributed by atoms with Crippen molar-refractivity contribution in [2.45, 2.75) is 19.8 Å². The highest BCUT2D eigenvalue weighted by atomic mass is 35.5. The molecule has 1 N–H and O–H groups in total. The van der Waals surface area contributed by atoms with Gasteiger partial charge in [0.1, 0.15) is 0 Å². The van der Waals surface area contributed by atoms with Gasteiger partial charge in [-0.1, -0.05) is 11.6 Å². The number of nitrogens with zero attached hydrogens (tertiary/aromatic N) is 1. The van der Waals surface area contributed by atoms with Gasteiger partial charge in [-0.3, -0.25) is 4.79 Å². The van der Waals surface area contributed by atoms with E-state index in [1.807, 2.05) is 25.1 Å². The molecule has 3 nitrogen and oxygen atoms in total. The Bertz CT molecular complexity index is 491. The van der Waals surface area contributed by atoms with Crippen LogP contribution in [0.25, 0.3) is 0 Å². The Balaban J connectivity index is 2.40. The van der Waals surface area contributed by atoms with Gasteiger partial charge in [0.25, 0.3) is 0 Å². The fraction of sp³-hybridized carbons (Fsp3) is 0.333. The molecular formula is C12H11ClN2O. The molecule has 82 valence electrons. The fourth-order valence-electron chi connectivity index (χ4n) is 2.01. The molecule has 0 fully saturated rings. The molecule has 16 heavy (non-hydrogen) atoms. The molecule has 2 rings (SSSR count). The Kier molecular flexibility index (Phi) is 2.84. The molecule has 1 aromatic carbocycles. The van der Waals surface area contributed by atoms with E-state index in [-0.39, 0.29) is 18.2 Å². The number of amides is 1. The first kappa shape index (κ1) is 11.0. The largest absolute Gasteiger partial charge is 0.325 e. The number of nitriles is 1. The van der Waals surface area contributed by atoms with E-state index < -0.39 is 0 Å². The number of rotatable bonds is 1. The first-order valence-electron chi connectivity index (χ1n) is 5.08. The number of nitrogens with one attached hydrogen (secondary N) is 1. The van der Waals surface area contributed by atoms with Crippen LogP contribution in [0.4, 0.5) is 5.69 Å². The van der Waals surface area contributed by atoms with Crippen LogP contribution in [0.5, 0.6) is 0 Å². The van der Waals surface area contributed by atoms with Crippen LogP contribution in [0.2, 0.25) is 5.02 Å². The van der Waals surface area contributed by atoms with Crippen molar-refractivity contribution in [2.24, 2.45) is 5.92 Å². The van der Waals surface area contributed by atoms with E-state index in [4.69, 9.17) is 16.9 Å². The highest BCUT2D eigenvalue weighted by Gasteiger charge is 2.26. The Labute approximate surface area is 99.0 Å². The Morgan fingerprint density at radius 1 is 1.62 bits per heavy atom. The smallest absolute Gasteiger partial charge is 0.228 e. The van der Waals surface area contributed by atoms with E-state index in [1.165, 1.54) is 0 Å². The lowest BCUT2D eigenvalue weighted by atomic mass is 9.90. The maximum Gasteiger partial charge on any atom is 0.228 e. The third-order valence-electron chi connectivity index (χ3n) is 2.80. The van der Waals surface area contributed by atoms with Gasteiger partial charge in [-0.15, -0.1) is 0 Å². The highest BCUT2D eigenvalue weighted by molar-refractivity contribution is 6.30. The standard InChI is InChI=1S/C12H11ClN2O/c1-7-4-10(13)6-9-5-8(2-3-14)12(16)15-11(7)9/h4,6,8H,2,5H2,1H3,(H,15,16). The zero-order chi connectivity index (χ0) is 11.7. The number of carbonyl (C=O) groups excluding carboxylic acids is 1. The maximum absolute atomic E-state index is 11.7. The summed E-state index contributed by atoms with van der Waals surface area (Å²) >= 11 is 5.97. The van der Waals surface area contributed by atoms with E-state index in [1.54, 1.807) is 0 Å². The van der Waals surface area contributed by atoms with E-state index in [0.29, 0.717) is 11.4 Å². The molecule has 0 bridgehead atoms. The summed E-state index contributed by atoms with van der Waals surface area (Å²) in [7, 11) is 0. The van der Waals surface area contributed by atoms with Gasteiger partial charge in [-0.05, 0) is 36.6 Å². The predicted molar refractivity (Wildman–Crippen MR) is 62.2 cm³/mol. The first-order chi connectivity index (χ1) is 7.61. The fourth-order valence-corrected chi connectivity index (χ4v) is 2.31. The molecule has 1 unspecified atom stereocenters. The lowest BCUT2D eigenvalue weighted by Gasteiger charge is -2.24. The molecule has 1 atom stereocenters. The zero-order valence-corrected chi connectivity index (χ0v) is 9.64. The van der Waals surface area contributed by atoms with Crippen LogP contribution in [-0.4, -0.2) is 5.91 Å². The number of aryl methyl sites for hydroxylation is 1. The molecule has 0 spiro atoms. The minimum atomic E-state index is -0.254. The SMILES string of the molecule is Cc1cc(Cl)cc2c1NC(=O)C(CC#N)C2. The van der Waals surface area contributed by atoms with Gasteiger partial charge in [0.15, 0.2) is 0 Å². The Hall–Kier alpha value is -1.53. The molecule has 1 aliphatic heterocycles. The number of hydrogen-bond acceptors (Lipinski definition) is 2. The number of carbonyl (C=O) groups is 1. The second-order valence-electron chi connectivity index (χ2n) is 4.01. The van der Waals surface area contributed by atoms with Gasteiger partial charge in [0.2, 0.25) is 5.91 Å². The average Bonchev–Trinajstić information content (AvgIpc) is 2.21. The van der Waals surface area contributed by atoms with E-state index in [2.05, 4.69) is 5.32 Å². The summed E-state index contributed by atoms with van der Waals surface area (Å²) < 4.78 is 0. The van der Waals surface area contributed by atoms with Crippen LogP contribution in [0, 0.1) is 24.2 Å². The molecular weight excluding hydrogens is 224 g/mol. The quantitative estimate of drug-likeness (QED) is 0.812. The molecule has 4 heteroatoms. The van der Waals surface area contributed by atoms with Crippen LogP contribution in [-0.2, 0) is 11.2 Å². The minimum Gasteiger partial charge on any atom is -0.325 e. The summed E-state index contributed by atoms with van der Waals surface area (Å²) in [6.45, 7) is 1.91. The molecule has 0 saturated carbocycles. The maximum atomic E-state index is 11.7. The molecule has 0 aliphatic carbocycles. The van der Waals surface area contributed by atoms with E-state index >= 15 is 0 Å². The topological polar surface area (TPSA) is 52.9 Å². The summed E-state index contributed by atoms with van der Waals surface area (Å²) in [5.74, 6) is -0.324. The van der Waals surface area contributed by atoms with Crippen molar-refractivity contribution in [3.63, 3.8) is 0 Å². The average molecular weight is 235 g/mol. The second kappa shape index (κ2) is 4.15. The van der Waals surface area contributed by atoms with Crippen molar-refractivity contribution >= 4 is 23.2 Å². The molecule has 1 aliphatic rings. The summed E-state index contributed by atoms with van der Waals surface area (Å²) in [6, 6.07) is 5.71. The number of benzene rings is 1. The summed E-state index contributed by atoms with van der Waals surface area (Å²) in [6.07, 6.45) is 0.840. The Morgan fingerprint density at radius 2 is 2.38 bits per heavy atom. The summed E-state index contributed by atoms with van der Waals surface area (Å²) in [4.78, 5) is 11.7. The molecule has 0 radical (unpaired) electrons. The second-order valence-corrected chi connectivity index (χ2v) is 4.45. The zero-order valence-electron chi connectivity index (χ0n) is 8.88. The van der Waals surface area contributed by atoms with Crippen LogP contribution in [0.1, 0.15) is 17.5 Å². The summed E-state index contributed by atoms with van der Waals surface area (Å²) in [5, 5.41) is 12.1. The number of hydrogen-bond donors (Lipinski definition) is 1. The third kappa shape index (κ3) is 1.89. The number of halogens is 1. The molecule has 1 heterocycles. The number of fused-ring (bicyclic) bond motifs is 1. The van der Waals surface area contributed by atoms with Crippen molar-refractivity contribution < 1.29 is 4.79 Å². The molecule has 0 saturated heterocycles. The molecule has 1 aromatic rings. The normalized spacial score (nSPS) is 18.6. The van der Waals surface area contributed by atoms with Crippen molar-refractivity contribution in [1.82, 2.24) is 0 Å². The van der Waals surface area contributed by atoms with Crippen LogP contribution in [0.15, 0.2) is 12.1 Å². The number of anilines is 1. The lowest BCUT2D eigenvalue weighted by Crippen LogP contribution is -2.30. The van der Waals surface area contributed by atoms with Crippen molar-refractivity contribution in [2.75, 3.05) is 5.32 Å². The third-order valence-corrected chi connectivity index (χ3v) is 3.02. The van der Waals surface area contributed by atoms with Gasteiger partial charge in [-0.2, -0.15) is 5.26 Å². The van der Waals surface area contributed by atoms with Gasteiger partial charge in [0, 0.05) is 17.1 Å². The summed E-state index contributed by atoms with van der Waals surface area (Å²) in [5.41, 5.74) is 2.83. The molecule has 0 aromatic heterocycles. The van der Waals surface area contributed by atoms with Crippen molar-refractivity contribution in [3.8, 4) is 6.07 Å². The Morgan fingerprint density at radius 3 is 3.06 bits per heavy atom. The van der Waals surface area contributed by atoms with Crippen LogP contribution < -0.4 is 5.32 Å². The first-order valence-corrected chi connectivity index (χ1v) is 5.46. The van der Waals surface area contributed by atoms with Crippen molar-refractivity contribution in [3.05, 3.63) is 28.3 Å². The predicted octanol–water partition coefficient (Wildman–Crippen LogP) is 2.67. The van der Waals surface area contributed by atoms with Gasteiger partial charge < -0.3 is 5.32 Å². The lowest BCUT2D eigenvalue weighted by molar-refractivity contribution is -0.120. The van der Waals surface area contributed by atoms with E-state index in [0.717, 1.165) is 16.8 Å². The molecule has 1 amide bonds. The van der Waals surface area contributed by atoms with Crippen molar-refractivity contribution in [1.29, 1.82) is 5.26 Å². The van der Waals surface area contributed by atoms with Crippen LogP contribution in [0.3, 0.4) is 0 Å². The van der Waals surface area contributed by atoms with Gasteiger partial charge in [-0.25, -0.2) is 0 Å². The van der Waals surface area contributed by atoms with Gasteiger partial charge in [0.05, 0.1) is 12.0 Å². The van der Waals surface area contributed by atoms with Gasteiger partial charge >= 0.3 is 0 Å².